The number of nitrogens with zero attached hydrogens (tertiary/aromatic N) is 2. The van der Waals surface area contributed by atoms with Crippen LogP contribution < -0.4 is 5.73 Å². The summed E-state index contributed by atoms with van der Waals surface area (Å²) >= 11 is 0. The van der Waals surface area contributed by atoms with Gasteiger partial charge in [0.25, 0.3) is 0 Å². The molecule has 0 radical (unpaired) electrons. The van der Waals surface area contributed by atoms with Gasteiger partial charge in [0.1, 0.15) is 0 Å². The van der Waals surface area contributed by atoms with Crippen LogP contribution in [0, 0.1) is 0 Å². The van der Waals surface area contributed by atoms with E-state index in [0.29, 0.717) is 6.42 Å². The first-order chi connectivity index (χ1) is 7.63. The fraction of sp³-hybridized carbons (Fsp3) is 0.800. The van der Waals surface area contributed by atoms with Gasteiger partial charge >= 0.3 is 0 Å². The van der Waals surface area contributed by atoms with Crippen LogP contribution in [0.1, 0.15) is 25.7 Å². The minimum atomic E-state index is -0.0119. The molecule has 0 aromatic rings. The molecule has 1 heterocycles. The number of nitrogens with two attached hydrogens (primary N) is 1. The lowest BCUT2D eigenvalue weighted by molar-refractivity contribution is -0.129. The average Bonchev–Trinajstić information content (AvgIpc) is 2.78. The van der Waals surface area contributed by atoms with Crippen molar-refractivity contribution in [2.75, 3.05) is 20.2 Å². The normalized spacial score (nSPS) is 21.1. The Morgan fingerprint density at radius 1 is 1.69 bits per heavy atom. The number of hydrogen-bond donors (Lipinski definition) is 2. The van der Waals surface area contributed by atoms with Crippen LogP contribution in [0.15, 0.2) is 5.16 Å². The van der Waals surface area contributed by atoms with Crippen LogP contribution in [0.4, 0.5) is 0 Å². The topological polar surface area (TPSA) is 88.1 Å². The molecule has 16 heavy (non-hydrogen) atoms. The molecule has 0 saturated carbocycles. The van der Waals surface area contributed by atoms with Crippen molar-refractivity contribution >= 4 is 11.7 Å². The van der Waals surface area contributed by atoms with Gasteiger partial charge in [0.15, 0.2) is 5.84 Å². The standard InChI is InChI=1S/C10H19N3O3/c1-13(7-9(11)12-15)10(14)5-4-8-3-2-6-16-8/h8,15H,2-7H2,1H3,(H2,11,12). The summed E-state index contributed by atoms with van der Waals surface area (Å²) in [5, 5.41) is 11.2. The molecule has 92 valence electrons. The van der Waals surface area contributed by atoms with Crippen LogP contribution in [0.2, 0.25) is 0 Å². The van der Waals surface area contributed by atoms with Crippen molar-refractivity contribution in [3.8, 4) is 0 Å². The Bertz CT molecular complexity index is 262. The molecular formula is C10H19N3O3. The first-order valence-corrected chi connectivity index (χ1v) is 5.45. The molecule has 1 amide bonds. The largest absolute Gasteiger partial charge is 0.409 e. The number of likely N-dealkylation sites (N-methyl/N-ethyl adjacent to an activating group) is 1. The third-order valence-corrected chi connectivity index (χ3v) is 2.66. The number of amides is 1. The summed E-state index contributed by atoms with van der Waals surface area (Å²) < 4.78 is 5.43. The van der Waals surface area contributed by atoms with E-state index in [1.54, 1.807) is 7.05 Å². The third-order valence-electron chi connectivity index (χ3n) is 2.66. The summed E-state index contributed by atoms with van der Waals surface area (Å²) in [6.45, 7) is 0.958. The van der Waals surface area contributed by atoms with E-state index in [1.807, 2.05) is 0 Å². The van der Waals surface area contributed by atoms with Gasteiger partial charge in [-0.2, -0.15) is 0 Å². The van der Waals surface area contributed by atoms with Crippen LogP contribution in [-0.2, 0) is 9.53 Å². The second kappa shape index (κ2) is 6.32. The molecule has 1 saturated heterocycles. The van der Waals surface area contributed by atoms with Crippen molar-refractivity contribution in [1.29, 1.82) is 0 Å². The van der Waals surface area contributed by atoms with Crippen LogP contribution in [-0.4, -0.2) is 48.2 Å². The Morgan fingerprint density at radius 2 is 2.44 bits per heavy atom. The molecule has 1 aliphatic heterocycles. The smallest absolute Gasteiger partial charge is 0.222 e. The lowest BCUT2D eigenvalue weighted by Gasteiger charge is -2.17. The van der Waals surface area contributed by atoms with Gasteiger partial charge in [0.2, 0.25) is 5.91 Å². The highest BCUT2D eigenvalue weighted by atomic mass is 16.5. The number of oxime groups is 1. The second-order valence-corrected chi connectivity index (χ2v) is 4.01. The van der Waals surface area contributed by atoms with Crippen LogP contribution in [0.25, 0.3) is 0 Å². The van der Waals surface area contributed by atoms with E-state index in [1.165, 1.54) is 4.90 Å². The number of rotatable bonds is 5. The second-order valence-electron chi connectivity index (χ2n) is 4.01. The highest BCUT2D eigenvalue weighted by Crippen LogP contribution is 2.17. The molecule has 1 atom stereocenters. The molecule has 1 unspecified atom stereocenters. The fourth-order valence-corrected chi connectivity index (χ4v) is 1.71. The molecule has 0 bridgehead atoms. The zero-order chi connectivity index (χ0) is 12.0. The van der Waals surface area contributed by atoms with Crippen LogP contribution >= 0.6 is 0 Å². The molecule has 0 aliphatic carbocycles. The zero-order valence-corrected chi connectivity index (χ0v) is 9.56. The summed E-state index contributed by atoms with van der Waals surface area (Å²) in [5.41, 5.74) is 5.31. The molecule has 0 aromatic heterocycles. The van der Waals surface area contributed by atoms with Crippen molar-refractivity contribution in [3.05, 3.63) is 0 Å². The summed E-state index contributed by atoms with van der Waals surface area (Å²) in [4.78, 5) is 13.1. The van der Waals surface area contributed by atoms with Crippen molar-refractivity contribution in [2.24, 2.45) is 10.9 Å². The van der Waals surface area contributed by atoms with Crippen LogP contribution in [0.5, 0.6) is 0 Å². The lowest BCUT2D eigenvalue weighted by atomic mass is 10.1. The van der Waals surface area contributed by atoms with E-state index in [2.05, 4.69) is 5.16 Å². The Labute approximate surface area is 95.0 Å². The quantitative estimate of drug-likeness (QED) is 0.304. The zero-order valence-electron chi connectivity index (χ0n) is 9.56. The minimum absolute atomic E-state index is 0.0119. The van der Waals surface area contributed by atoms with E-state index in [-0.39, 0.29) is 24.4 Å². The van der Waals surface area contributed by atoms with Gasteiger partial charge in [-0.15, -0.1) is 0 Å². The van der Waals surface area contributed by atoms with Gasteiger partial charge in [0.05, 0.1) is 12.6 Å². The maximum Gasteiger partial charge on any atom is 0.222 e. The maximum atomic E-state index is 11.6. The molecule has 1 fully saturated rings. The monoisotopic (exact) mass is 229 g/mol. The predicted octanol–water partition coefficient (Wildman–Crippen LogP) is 0.150. The SMILES string of the molecule is CN(CC(N)=NO)C(=O)CCC1CCCO1. The van der Waals surface area contributed by atoms with Gasteiger partial charge in [-0.3, -0.25) is 4.79 Å². The molecule has 0 spiro atoms. The number of hydrogen-bond acceptors (Lipinski definition) is 4. The molecule has 3 N–H and O–H groups in total. The van der Waals surface area contributed by atoms with Gasteiger partial charge in [-0.05, 0) is 19.3 Å². The fourth-order valence-electron chi connectivity index (χ4n) is 1.71. The van der Waals surface area contributed by atoms with E-state index in [0.717, 1.165) is 25.9 Å². The Hall–Kier alpha value is -1.30. The van der Waals surface area contributed by atoms with Crippen molar-refractivity contribution < 1.29 is 14.7 Å². The Morgan fingerprint density at radius 3 is 3.00 bits per heavy atom. The first-order valence-electron chi connectivity index (χ1n) is 5.45. The molecule has 1 aliphatic rings. The average molecular weight is 229 g/mol. The third kappa shape index (κ3) is 4.06. The predicted molar refractivity (Wildman–Crippen MR) is 59.3 cm³/mol. The maximum absolute atomic E-state index is 11.6. The van der Waals surface area contributed by atoms with Crippen LogP contribution in [0.3, 0.4) is 0 Å². The first kappa shape index (κ1) is 12.8. The number of ether oxygens (including phenoxy) is 1. The molecule has 0 aromatic carbocycles. The molecule has 6 heteroatoms. The van der Waals surface area contributed by atoms with Crippen molar-refractivity contribution in [2.45, 2.75) is 31.8 Å². The van der Waals surface area contributed by atoms with E-state index in [9.17, 15) is 4.79 Å². The summed E-state index contributed by atoms with van der Waals surface area (Å²) in [5.74, 6) is 0.0232. The van der Waals surface area contributed by atoms with E-state index in [4.69, 9.17) is 15.7 Å². The molecule has 6 nitrogen and oxygen atoms in total. The highest BCUT2D eigenvalue weighted by Gasteiger charge is 2.18. The van der Waals surface area contributed by atoms with E-state index < -0.39 is 0 Å². The van der Waals surface area contributed by atoms with Crippen molar-refractivity contribution in [1.82, 2.24) is 4.90 Å². The summed E-state index contributed by atoms with van der Waals surface area (Å²) in [7, 11) is 1.63. The summed E-state index contributed by atoms with van der Waals surface area (Å²) in [6.07, 6.45) is 3.54. The highest BCUT2D eigenvalue weighted by molar-refractivity contribution is 5.86. The van der Waals surface area contributed by atoms with Gasteiger partial charge in [-0.25, -0.2) is 0 Å². The number of carbonyl (C=O) groups is 1. The molecule has 1 rings (SSSR count). The number of amidine groups is 1. The van der Waals surface area contributed by atoms with Gasteiger partial charge in [-0.1, -0.05) is 5.16 Å². The Kier molecular flexibility index (Phi) is 5.04. The Balaban J connectivity index is 2.22. The van der Waals surface area contributed by atoms with E-state index >= 15 is 0 Å². The number of carbonyl (C=O) groups excluding carboxylic acids is 1. The minimum Gasteiger partial charge on any atom is -0.409 e. The summed E-state index contributed by atoms with van der Waals surface area (Å²) in [6, 6.07) is 0. The van der Waals surface area contributed by atoms with Gasteiger partial charge < -0.3 is 20.6 Å². The van der Waals surface area contributed by atoms with Gasteiger partial charge in [0, 0.05) is 20.1 Å². The van der Waals surface area contributed by atoms with Crippen molar-refractivity contribution in [3.63, 3.8) is 0 Å². The lowest BCUT2D eigenvalue weighted by Crippen LogP contribution is -2.35. The molecular weight excluding hydrogens is 210 g/mol.